The monoisotopic (exact) mass is 610 g/mol. The van der Waals surface area contributed by atoms with Crippen molar-refractivity contribution in [3.8, 4) is 0 Å². The first kappa shape index (κ1) is 43.5. The van der Waals surface area contributed by atoms with Crippen molar-refractivity contribution in [2.75, 3.05) is 5.75 Å². The average molecular weight is 611 g/mol. The predicted molar refractivity (Wildman–Crippen MR) is 181 cm³/mol. The van der Waals surface area contributed by atoms with Gasteiger partial charge in [-0.2, -0.15) is 8.42 Å². The second-order valence-electron chi connectivity index (χ2n) is 12.4. The molecular weight excluding hydrogens is 539 g/mol. The summed E-state index contributed by atoms with van der Waals surface area (Å²) in [5.41, 5.74) is 0. The second-order valence-corrected chi connectivity index (χ2v) is 14.1. The van der Waals surface area contributed by atoms with Gasteiger partial charge < -0.3 is 4.18 Å². The zero-order valence-electron chi connectivity index (χ0n) is 27.3. The van der Waals surface area contributed by atoms with Crippen LogP contribution in [0.1, 0.15) is 207 Å². The molecule has 0 N–H and O–H groups in total. The molecule has 0 aromatic heterocycles. The van der Waals surface area contributed by atoms with Crippen molar-refractivity contribution in [2.24, 2.45) is 5.92 Å². The van der Waals surface area contributed by atoms with Gasteiger partial charge in [-0.1, -0.05) is 188 Å². The van der Waals surface area contributed by atoms with Crippen molar-refractivity contribution in [2.45, 2.75) is 207 Å². The van der Waals surface area contributed by atoms with E-state index in [4.69, 9.17) is 4.18 Å². The summed E-state index contributed by atoms with van der Waals surface area (Å²) in [5, 5.41) is 0. The van der Waals surface area contributed by atoms with E-state index in [1.807, 2.05) is 0 Å². The summed E-state index contributed by atoms with van der Waals surface area (Å²) in [6.45, 7) is 6.66. The van der Waals surface area contributed by atoms with Crippen LogP contribution in [-0.4, -0.2) is 49.7 Å². The SMILES string of the molecule is CCCCCCCCCCCCCCCCCCCS(=O)(=O)OC(=O)C(CCCCCC)CCCCCCCC.[NaH]. The minimum atomic E-state index is -3.77. The van der Waals surface area contributed by atoms with Gasteiger partial charge in [-0.3, -0.25) is 4.79 Å². The predicted octanol–water partition coefficient (Wildman–Crippen LogP) is 11.2. The summed E-state index contributed by atoms with van der Waals surface area (Å²) in [5.74, 6) is -0.804. The topological polar surface area (TPSA) is 60.4 Å². The van der Waals surface area contributed by atoms with Crippen LogP contribution in [0.2, 0.25) is 0 Å². The van der Waals surface area contributed by atoms with E-state index in [-0.39, 0.29) is 41.2 Å². The van der Waals surface area contributed by atoms with Crippen LogP contribution < -0.4 is 0 Å². The molecule has 1 unspecified atom stereocenters. The van der Waals surface area contributed by atoms with E-state index in [0.717, 1.165) is 64.2 Å². The van der Waals surface area contributed by atoms with Crippen molar-refractivity contribution in [3.63, 3.8) is 0 Å². The van der Waals surface area contributed by atoms with E-state index < -0.39 is 16.1 Å². The Labute approximate surface area is 280 Å². The quantitative estimate of drug-likeness (QED) is 0.0432. The van der Waals surface area contributed by atoms with Gasteiger partial charge in [0.25, 0.3) is 0 Å². The molecule has 242 valence electrons. The molecule has 0 heterocycles. The number of rotatable bonds is 32. The van der Waals surface area contributed by atoms with Gasteiger partial charge in [0.1, 0.15) is 0 Å². The number of hydrogen-bond donors (Lipinski definition) is 0. The molecule has 0 fully saturated rings. The Morgan fingerprint density at radius 1 is 0.463 bits per heavy atom. The first-order chi connectivity index (χ1) is 19.5. The average Bonchev–Trinajstić information content (AvgIpc) is 2.93. The summed E-state index contributed by atoms with van der Waals surface area (Å²) >= 11 is 0. The van der Waals surface area contributed by atoms with Crippen molar-refractivity contribution in [1.82, 2.24) is 0 Å². The summed E-state index contributed by atoms with van der Waals surface area (Å²) in [6.07, 6.45) is 34.5. The molecule has 0 aromatic carbocycles. The molecule has 0 aromatic rings. The van der Waals surface area contributed by atoms with Gasteiger partial charge in [0, 0.05) is 0 Å². The Bertz CT molecular complexity index is 638. The third-order valence-corrected chi connectivity index (χ3v) is 9.56. The second kappa shape index (κ2) is 33.3. The van der Waals surface area contributed by atoms with Crippen molar-refractivity contribution in [3.05, 3.63) is 0 Å². The molecule has 0 aliphatic carbocycles. The number of unbranched alkanes of at least 4 members (excludes halogenated alkanes) is 24. The molecule has 0 bridgehead atoms. The van der Waals surface area contributed by atoms with Gasteiger partial charge in [-0.05, 0) is 19.3 Å². The van der Waals surface area contributed by atoms with Crippen LogP contribution in [-0.2, 0) is 19.1 Å². The molecule has 0 aliphatic heterocycles. The van der Waals surface area contributed by atoms with Gasteiger partial charge in [0.2, 0.25) is 0 Å². The Hall–Kier alpha value is 0.420. The van der Waals surface area contributed by atoms with Gasteiger partial charge in [0.05, 0.1) is 11.7 Å². The first-order valence-electron chi connectivity index (χ1n) is 17.9. The number of hydrogen-bond acceptors (Lipinski definition) is 4. The molecule has 0 spiro atoms. The maximum absolute atomic E-state index is 12.8. The van der Waals surface area contributed by atoms with Crippen molar-refractivity contribution in [1.29, 1.82) is 0 Å². The van der Waals surface area contributed by atoms with Crippen LogP contribution in [0.4, 0.5) is 0 Å². The molecule has 0 aliphatic rings. The fourth-order valence-corrected chi connectivity index (χ4v) is 6.63. The summed E-state index contributed by atoms with van der Waals surface area (Å²) in [6, 6.07) is 0. The summed E-state index contributed by atoms with van der Waals surface area (Å²) in [4.78, 5) is 12.8. The molecule has 1 atom stereocenters. The number of carbonyl (C=O) groups excluding carboxylic acids is 1. The van der Waals surface area contributed by atoms with E-state index in [1.54, 1.807) is 0 Å². The zero-order valence-corrected chi connectivity index (χ0v) is 28.1. The van der Waals surface area contributed by atoms with Crippen LogP contribution in [0.15, 0.2) is 0 Å². The molecule has 6 heteroatoms. The maximum atomic E-state index is 12.8. The third kappa shape index (κ3) is 31.6. The van der Waals surface area contributed by atoms with E-state index in [9.17, 15) is 13.2 Å². The Morgan fingerprint density at radius 2 is 0.732 bits per heavy atom. The molecule has 41 heavy (non-hydrogen) atoms. The molecule has 0 saturated heterocycles. The van der Waals surface area contributed by atoms with Crippen LogP contribution >= 0.6 is 0 Å². The van der Waals surface area contributed by atoms with Gasteiger partial charge >= 0.3 is 45.6 Å². The molecule has 0 radical (unpaired) electrons. The molecule has 0 saturated carbocycles. The van der Waals surface area contributed by atoms with E-state index in [0.29, 0.717) is 6.42 Å². The van der Waals surface area contributed by atoms with E-state index in [2.05, 4.69) is 20.8 Å². The first-order valence-corrected chi connectivity index (χ1v) is 19.5. The Morgan fingerprint density at radius 3 is 1.07 bits per heavy atom. The number of carbonyl (C=O) groups is 1. The van der Waals surface area contributed by atoms with Crippen LogP contribution in [0.25, 0.3) is 0 Å². The van der Waals surface area contributed by atoms with E-state index >= 15 is 0 Å². The fraction of sp³-hybridized carbons (Fsp3) is 0.971. The Kier molecular flexibility index (Phi) is 35.4. The molecule has 4 nitrogen and oxygen atoms in total. The normalized spacial score (nSPS) is 12.3. The van der Waals surface area contributed by atoms with Crippen LogP contribution in [0.3, 0.4) is 0 Å². The summed E-state index contributed by atoms with van der Waals surface area (Å²) in [7, 11) is -3.77. The van der Waals surface area contributed by atoms with Crippen molar-refractivity contribution >= 4 is 45.6 Å². The van der Waals surface area contributed by atoms with Gasteiger partial charge in [0.15, 0.2) is 0 Å². The van der Waals surface area contributed by atoms with Gasteiger partial charge in [-0.15, -0.1) is 0 Å². The summed E-state index contributed by atoms with van der Waals surface area (Å²) < 4.78 is 30.1. The minimum absolute atomic E-state index is 0. The molecular formula is C35H71NaO4S. The fourth-order valence-electron chi connectivity index (χ4n) is 5.61. The van der Waals surface area contributed by atoms with Crippen LogP contribution in [0.5, 0.6) is 0 Å². The van der Waals surface area contributed by atoms with E-state index in [1.165, 1.54) is 116 Å². The van der Waals surface area contributed by atoms with Crippen molar-refractivity contribution < 1.29 is 17.4 Å². The molecule has 0 rings (SSSR count). The standard InChI is InChI=1S/C35H70O4S.Na.H/c1-4-7-10-13-15-16-17-18-19-20-21-22-23-24-25-27-30-33-40(37,38)39-35(36)34(31-28-12-9-6-3)32-29-26-14-11-8-5-2;;/h34H,4-33H2,1-3H3;;. The van der Waals surface area contributed by atoms with Crippen LogP contribution in [0, 0.1) is 5.92 Å². The molecule has 0 amide bonds. The third-order valence-electron chi connectivity index (χ3n) is 8.35. The van der Waals surface area contributed by atoms with Gasteiger partial charge in [-0.25, -0.2) is 0 Å². The Balaban J connectivity index is 0. The zero-order chi connectivity index (χ0) is 29.6.